The average molecular weight is 673 g/mol. The molecule has 0 fully saturated rings. The van der Waals surface area contributed by atoms with E-state index in [1.807, 2.05) is 13.8 Å². The Bertz CT molecular complexity index is 1480. The van der Waals surface area contributed by atoms with Gasteiger partial charge in [0.05, 0.1) is 7.11 Å². The summed E-state index contributed by atoms with van der Waals surface area (Å²) in [7, 11) is 0.718. The lowest BCUT2D eigenvalue weighted by molar-refractivity contribution is -0.132. The number of nitrogens with one attached hydrogen (secondary N) is 4. The molecule has 47 heavy (non-hydrogen) atoms. The highest BCUT2D eigenvalue weighted by Gasteiger charge is 2.32. The Morgan fingerprint density at radius 2 is 1.57 bits per heavy atom. The molecule has 1 unspecified atom stereocenters. The third-order valence-electron chi connectivity index (χ3n) is 8.26. The number of nitrogens with zero attached hydrogens (tertiary/aromatic N) is 2. The summed E-state index contributed by atoms with van der Waals surface area (Å²) in [6.07, 6.45) is 1.67. The molecular weight excluding hydrogens is 624 g/mol. The van der Waals surface area contributed by atoms with Gasteiger partial charge in [-0.25, -0.2) is 0 Å². The fourth-order valence-corrected chi connectivity index (χ4v) is 6.16. The van der Waals surface area contributed by atoms with Crippen LogP contribution in [0.4, 0.5) is 0 Å². The van der Waals surface area contributed by atoms with Gasteiger partial charge in [-0.1, -0.05) is 44.5 Å². The van der Waals surface area contributed by atoms with E-state index in [4.69, 9.17) is 4.74 Å². The fraction of sp³-hybridized carbons (Fsp3) is 0.515. The number of amides is 4. The molecule has 0 spiro atoms. The van der Waals surface area contributed by atoms with E-state index in [-0.39, 0.29) is 32.0 Å². The third kappa shape index (κ3) is 10.5. The maximum absolute atomic E-state index is 13.7. The lowest BCUT2D eigenvalue weighted by Crippen LogP contribution is -2.58. The first kappa shape index (κ1) is 37.4. The molecule has 0 saturated heterocycles. The summed E-state index contributed by atoms with van der Waals surface area (Å²) in [6, 6.07) is 10.7. The molecule has 4 rings (SSSR count). The molecule has 4 amide bonds. The van der Waals surface area contributed by atoms with Crippen molar-refractivity contribution < 1.29 is 32.3 Å². The highest BCUT2D eigenvalue weighted by molar-refractivity contribution is 7.86. The molecule has 0 aromatic heterocycles. The number of hydrogen-bond donors (Lipinski definition) is 4. The van der Waals surface area contributed by atoms with Gasteiger partial charge in [-0.2, -0.15) is 17.0 Å². The number of carbonyl (C=O) groups excluding carboxylic acids is 4. The van der Waals surface area contributed by atoms with Crippen molar-refractivity contribution in [2.75, 3.05) is 34.3 Å². The first-order valence-corrected chi connectivity index (χ1v) is 17.2. The van der Waals surface area contributed by atoms with E-state index >= 15 is 0 Å². The molecule has 14 heteroatoms. The summed E-state index contributed by atoms with van der Waals surface area (Å²) in [4.78, 5) is 53.5. The second-order valence-electron chi connectivity index (χ2n) is 12.0. The quantitative estimate of drug-likeness (QED) is 0.324. The molecule has 0 saturated carbocycles. The Morgan fingerprint density at radius 1 is 0.915 bits per heavy atom. The molecule has 4 N–H and O–H groups in total. The molecule has 0 radical (unpaired) electrons. The number of fused-ring (bicyclic) bond motifs is 18. The Morgan fingerprint density at radius 3 is 2.17 bits per heavy atom. The molecule has 2 aliphatic heterocycles. The molecule has 2 bridgehead atoms. The molecule has 2 aliphatic rings. The number of rotatable bonds is 7. The van der Waals surface area contributed by atoms with Crippen LogP contribution >= 0.6 is 0 Å². The van der Waals surface area contributed by atoms with Gasteiger partial charge < -0.3 is 26.0 Å². The van der Waals surface area contributed by atoms with Crippen molar-refractivity contribution >= 4 is 33.8 Å². The SMILES string of the molecule is CC[C@H](C)C1NC(=O)c2ccc(cc2)CN(S(=O)(=O)N(C)C)CCCCNC(=O)[C@@H](C)NC(=O)[C@H](Cc2ccc(OC)cc2)NC1=O. The Labute approximate surface area is 278 Å². The van der Waals surface area contributed by atoms with Crippen molar-refractivity contribution in [2.45, 2.75) is 71.1 Å². The van der Waals surface area contributed by atoms with Crippen molar-refractivity contribution in [2.24, 2.45) is 5.92 Å². The largest absolute Gasteiger partial charge is 0.497 e. The van der Waals surface area contributed by atoms with E-state index in [0.29, 0.717) is 36.1 Å². The number of hydrogen-bond acceptors (Lipinski definition) is 7. The van der Waals surface area contributed by atoms with Gasteiger partial charge in [-0.05, 0) is 61.1 Å². The number of methoxy groups -OCH3 is 1. The van der Waals surface area contributed by atoms with Gasteiger partial charge in [-0.3, -0.25) is 19.2 Å². The summed E-state index contributed by atoms with van der Waals surface area (Å²) in [5.74, 6) is -1.64. The minimum atomic E-state index is -3.75. The smallest absolute Gasteiger partial charge is 0.281 e. The van der Waals surface area contributed by atoms with Crippen LogP contribution in [0.5, 0.6) is 5.75 Å². The van der Waals surface area contributed by atoms with Crippen molar-refractivity contribution in [3.63, 3.8) is 0 Å². The number of carbonyl (C=O) groups is 4. The van der Waals surface area contributed by atoms with Crippen molar-refractivity contribution in [1.82, 2.24) is 29.9 Å². The van der Waals surface area contributed by atoms with Gasteiger partial charge in [0.25, 0.3) is 16.1 Å². The van der Waals surface area contributed by atoms with E-state index in [9.17, 15) is 27.6 Å². The monoisotopic (exact) mass is 672 g/mol. The molecule has 4 atom stereocenters. The second kappa shape index (κ2) is 17.2. The van der Waals surface area contributed by atoms with E-state index in [0.717, 1.165) is 9.87 Å². The lowest BCUT2D eigenvalue weighted by atomic mass is 9.96. The number of benzene rings is 2. The summed E-state index contributed by atoms with van der Waals surface area (Å²) < 4.78 is 33.8. The van der Waals surface area contributed by atoms with E-state index in [1.165, 1.54) is 18.4 Å². The van der Waals surface area contributed by atoms with Gasteiger partial charge in [-0.15, -0.1) is 0 Å². The van der Waals surface area contributed by atoms with Gasteiger partial charge >= 0.3 is 0 Å². The summed E-state index contributed by atoms with van der Waals surface area (Å²) in [6.45, 7) is 5.86. The van der Waals surface area contributed by atoms with Crippen LogP contribution in [-0.2, 0) is 37.6 Å². The molecule has 2 aromatic carbocycles. The van der Waals surface area contributed by atoms with Crippen LogP contribution in [0.3, 0.4) is 0 Å². The minimum Gasteiger partial charge on any atom is -0.497 e. The predicted octanol–water partition coefficient (Wildman–Crippen LogP) is 1.59. The van der Waals surface area contributed by atoms with Crippen LogP contribution in [0.1, 0.15) is 61.5 Å². The van der Waals surface area contributed by atoms with Crippen LogP contribution in [0.2, 0.25) is 0 Å². The van der Waals surface area contributed by atoms with Crippen LogP contribution in [-0.4, -0.2) is 93.1 Å². The first-order valence-electron chi connectivity index (χ1n) is 15.9. The van der Waals surface area contributed by atoms with Crippen LogP contribution in [0, 0.1) is 5.92 Å². The average Bonchev–Trinajstić information content (AvgIpc) is 3.05. The van der Waals surface area contributed by atoms with Gasteiger partial charge in [0.2, 0.25) is 17.7 Å². The molecule has 2 heterocycles. The normalized spacial score (nSPS) is 22.0. The molecule has 2 aromatic rings. The number of ether oxygens (including phenoxy) is 1. The van der Waals surface area contributed by atoms with Crippen molar-refractivity contribution in [1.29, 1.82) is 0 Å². The molecule has 0 aliphatic carbocycles. The maximum Gasteiger partial charge on any atom is 0.281 e. The Hall–Kier alpha value is -4.01. The molecule has 13 nitrogen and oxygen atoms in total. The summed E-state index contributed by atoms with van der Waals surface area (Å²) in [5.41, 5.74) is 1.74. The van der Waals surface area contributed by atoms with Gasteiger partial charge in [0.1, 0.15) is 23.9 Å². The van der Waals surface area contributed by atoms with Gasteiger partial charge in [0, 0.05) is 45.7 Å². The van der Waals surface area contributed by atoms with Crippen molar-refractivity contribution in [3.05, 3.63) is 65.2 Å². The van der Waals surface area contributed by atoms with Crippen LogP contribution in [0.25, 0.3) is 0 Å². The topological polar surface area (TPSA) is 166 Å². The first-order chi connectivity index (χ1) is 22.3. The zero-order chi connectivity index (χ0) is 34.7. The second-order valence-corrected chi connectivity index (χ2v) is 14.1. The van der Waals surface area contributed by atoms with Crippen molar-refractivity contribution in [3.8, 4) is 5.75 Å². The minimum absolute atomic E-state index is 0.0886. The summed E-state index contributed by atoms with van der Waals surface area (Å²) in [5, 5.41) is 11.2. The molecular formula is C33H48N6O7S. The lowest BCUT2D eigenvalue weighted by Gasteiger charge is -2.27. The highest BCUT2D eigenvalue weighted by atomic mass is 32.2. The predicted molar refractivity (Wildman–Crippen MR) is 179 cm³/mol. The Balaban J connectivity index is 1.94. The highest BCUT2D eigenvalue weighted by Crippen LogP contribution is 2.17. The van der Waals surface area contributed by atoms with E-state index < -0.39 is 52.0 Å². The zero-order valence-corrected chi connectivity index (χ0v) is 28.9. The third-order valence-corrected chi connectivity index (χ3v) is 10.1. The van der Waals surface area contributed by atoms with E-state index in [2.05, 4.69) is 21.3 Å². The Kier molecular flexibility index (Phi) is 13.7. The van der Waals surface area contributed by atoms with E-state index in [1.54, 1.807) is 62.6 Å². The van der Waals surface area contributed by atoms with Crippen LogP contribution < -0.4 is 26.0 Å². The van der Waals surface area contributed by atoms with Crippen LogP contribution in [0.15, 0.2) is 48.5 Å². The standard InChI is InChI=1S/C33H48N6O7S/c1-7-22(2)29-33(43)36-28(20-24-12-16-27(46-6)17-13-24)32(42)35-23(3)30(40)34-18-8-9-19-39(47(44,45)38(4)5)21-25-10-14-26(15-11-25)31(41)37-29/h10-17,22-23,28-29H,7-9,18-21H2,1-6H3,(H,34,40)(H,35,42)(H,36,43)(H,37,41)/t22-,23+,28-,29?/m0/s1. The zero-order valence-electron chi connectivity index (χ0n) is 28.0. The van der Waals surface area contributed by atoms with Gasteiger partial charge in [0.15, 0.2) is 0 Å². The maximum atomic E-state index is 13.7. The molecule has 258 valence electrons. The summed E-state index contributed by atoms with van der Waals surface area (Å²) >= 11 is 0. The fourth-order valence-electron chi connectivity index (χ4n) is 5.02.